The number of nitrogens with one attached hydrogen (secondary N) is 1. The number of hydrogen-bond acceptors (Lipinski definition) is 4. The van der Waals surface area contributed by atoms with Crippen molar-refractivity contribution in [1.82, 2.24) is 10.3 Å². The van der Waals surface area contributed by atoms with Crippen molar-refractivity contribution in [2.24, 2.45) is 0 Å². The zero-order valence-electron chi connectivity index (χ0n) is 11.9. The molecule has 2 aromatic rings. The highest BCUT2D eigenvalue weighted by atomic mass is 32.2. The van der Waals surface area contributed by atoms with Crippen molar-refractivity contribution in [2.45, 2.75) is 18.0 Å². The van der Waals surface area contributed by atoms with E-state index >= 15 is 0 Å². The van der Waals surface area contributed by atoms with E-state index in [-0.39, 0.29) is 18.2 Å². The number of furan rings is 1. The van der Waals surface area contributed by atoms with Crippen LogP contribution < -0.4 is 5.32 Å². The lowest BCUT2D eigenvalue weighted by Crippen LogP contribution is -2.23. The molecule has 2 rings (SSSR count). The Morgan fingerprint density at radius 2 is 2.09 bits per heavy atom. The van der Waals surface area contributed by atoms with Crippen LogP contribution >= 0.6 is 11.8 Å². The Balaban J connectivity index is 1.96. The quantitative estimate of drug-likeness (QED) is 0.768. The van der Waals surface area contributed by atoms with E-state index in [0.717, 1.165) is 11.8 Å². The minimum Gasteiger partial charge on any atom is -0.467 e. The molecule has 0 spiro atoms. The van der Waals surface area contributed by atoms with Crippen molar-refractivity contribution < 1.29 is 22.4 Å². The third-order valence-electron chi connectivity index (χ3n) is 2.78. The molecule has 0 aliphatic carbocycles. The minimum atomic E-state index is -2.32. The number of carbonyl (C=O) groups excluding carboxylic acids is 1. The van der Waals surface area contributed by atoms with Gasteiger partial charge in [-0.3, -0.25) is 4.79 Å². The number of hydrogen-bond donors (Lipinski definition) is 1. The number of halogens is 3. The van der Waals surface area contributed by atoms with Gasteiger partial charge in [0.05, 0.1) is 18.4 Å². The van der Waals surface area contributed by atoms with Crippen LogP contribution in [0.25, 0.3) is 0 Å². The molecule has 0 aliphatic rings. The van der Waals surface area contributed by atoms with Gasteiger partial charge in [-0.15, -0.1) is 11.8 Å². The summed E-state index contributed by atoms with van der Waals surface area (Å²) in [7, 11) is 0. The maximum absolute atomic E-state index is 12.8. The van der Waals surface area contributed by atoms with Gasteiger partial charge in [0, 0.05) is 18.4 Å². The summed E-state index contributed by atoms with van der Waals surface area (Å²) in [5.41, 5.74) is 0.300. The number of thioether (sulfide) groups is 1. The average molecular weight is 342 g/mol. The number of amides is 1. The van der Waals surface area contributed by atoms with Crippen molar-refractivity contribution >= 4 is 17.7 Å². The molecule has 0 aliphatic heterocycles. The molecule has 23 heavy (non-hydrogen) atoms. The first kappa shape index (κ1) is 17.1. The molecular formula is C15H13F3N2O2S. The Bertz CT molecular complexity index is 686. The predicted molar refractivity (Wildman–Crippen MR) is 79.8 cm³/mol. The molecule has 0 saturated carbocycles. The molecule has 0 bridgehead atoms. The van der Waals surface area contributed by atoms with E-state index < -0.39 is 18.3 Å². The van der Waals surface area contributed by atoms with Gasteiger partial charge in [-0.1, -0.05) is 0 Å². The molecule has 0 saturated heterocycles. The third kappa shape index (κ3) is 5.17. The molecule has 0 radical (unpaired) electrons. The van der Waals surface area contributed by atoms with Crippen LogP contribution in [0.2, 0.25) is 0 Å². The summed E-state index contributed by atoms with van der Waals surface area (Å²) in [6, 6.07) is 6.58. The summed E-state index contributed by atoms with van der Waals surface area (Å²) in [5.74, 6) is -1.16. The SMILES string of the molecule is O=C(NCc1ccco1)c1cccnc1SCCC(F)=C(F)F. The summed E-state index contributed by atoms with van der Waals surface area (Å²) in [6.45, 7) is 0.218. The van der Waals surface area contributed by atoms with Crippen molar-refractivity contribution in [3.8, 4) is 0 Å². The second-order valence-electron chi connectivity index (χ2n) is 4.38. The van der Waals surface area contributed by atoms with Gasteiger partial charge >= 0.3 is 6.08 Å². The van der Waals surface area contributed by atoms with Crippen LogP contribution in [0.1, 0.15) is 22.5 Å². The normalized spacial score (nSPS) is 10.4. The largest absolute Gasteiger partial charge is 0.467 e. The summed E-state index contributed by atoms with van der Waals surface area (Å²) < 4.78 is 41.9. The zero-order chi connectivity index (χ0) is 16.7. The predicted octanol–water partition coefficient (Wildman–Crippen LogP) is 4.16. The van der Waals surface area contributed by atoms with Gasteiger partial charge < -0.3 is 9.73 Å². The summed E-state index contributed by atoms with van der Waals surface area (Å²) in [5, 5.41) is 3.03. The molecular weight excluding hydrogens is 329 g/mol. The van der Waals surface area contributed by atoms with Crippen LogP contribution in [-0.2, 0) is 6.54 Å². The lowest BCUT2D eigenvalue weighted by Gasteiger charge is -2.08. The van der Waals surface area contributed by atoms with Crippen molar-refractivity contribution in [2.75, 3.05) is 5.75 Å². The van der Waals surface area contributed by atoms with Gasteiger partial charge in [0.15, 0.2) is 5.83 Å². The number of pyridine rings is 1. The topological polar surface area (TPSA) is 55.1 Å². The molecule has 0 aromatic carbocycles. The fourth-order valence-corrected chi connectivity index (χ4v) is 2.61. The van der Waals surface area contributed by atoms with Crippen LogP contribution in [0.5, 0.6) is 0 Å². The van der Waals surface area contributed by atoms with Gasteiger partial charge in [-0.05, 0) is 24.3 Å². The first-order chi connectivity index (χ1) is 11.1. The third-order valence-corrected chi connectivity index (χ3v) is 3.79. The van der Waals surface area contributed by atoms with Crippen molar-refractivity contribution in [3.05, 3.63) is 60.0 Å². The molecule has 1 amide bonds. The number of rotatable bonds is 7. The van der Waals surface area contributed by atoms with Crippen LogP contribution in [0.15, 0.2) is 58.1 Å². The van der Waals surface area contributed by atoms with E-state index in [2.05, 4.69) is 10.3 Å². The van der Waals surface area contributed by atoms with Crippen LogP contribution in [-0.4, -0.2) is 16.6 Å². The summed E-state index contributed by atoms with van der Waals surface area (Å²) in [6.07, 6.45) is 0.242. The Morgan fingerprint density at radius 3 is 2.78 bits per heavy atom. The van der Waals surface area contributed by atoms with Gasteiger partial charge in [-0.2, -0.15) is 8.78 Å². The minimum absolute atomic E-state index is 0.0542. The Labute approximate surface area is 134 Å². The summed E-state index contributed by atoms with van der Waals surface area (Å²) >= 11 is 1.04. The van der Waals surface area contributed by atoms with Crippen LogP contribution in [0.3, 0.4) is 0 Å². The fraction of sp³-hybridized carbons (Fsp3) is 0.200. The molecule has 2 aromatic heterocycles. The summed E-state index contributed by atoms with van der Waals surface area (Å²) in [4.78, 5) is 16.2. The number of nitrogens with zero attached hydrogens (tertiary/aromatic N) is 1. The maximum atomic E-state index is 12.8. The van der Waals surface area contributed by atoms with Gasteiger partial charge in [-0.25, -0.2) is 9.37 Å². The van der Waals surface area contributed by atoms with E-state index in [4.69, 9.17) is 4.42 Å². The van der Waals surface area contributed by atoms with Crippen LogP contribution in [0, 0.1) is 0 Å². The van der Waals surface area contributed by atoms with Crippen molar-refractivity contribution in [3.63, 3.8) is 0 Å². The lowest BCUT2D eigenvalue weighted by molar-refractivity contribution is 0.0944. The molecule has 2 heterocycles. The van der Waals surface area contributed by atoms with E-state index in [1.165, 1.54) is 12.5 Å². The molecule has 0 unspecified atom stereocenters. The highest BCUT2D eigenvalue weighted by Crippen LogP contribution is 2.24. The highest BCUT2D eigenvalue weighted by Gasteiger charge is 2.14. The van der Waals surface area contributed by atoms with E-state index in [9.17, 15) is 18.0 Å². The highest BCUT2D eigenvalue weighted by molar-refractivity contribution is 7.99. The molecule has 8 heteroatoms. The number of carbonyl (C=O) groups is 1. The molecule has 0 atom stereocenters. The average Bonchev–Trinajstić information content (AvgIpc) is 3.06. The molecule has 0 fully saturated rings. The fourth-order valence-electron chi connectivity index (χ4n) is 1.69. The molecule has 1 N–H and O–H groups in total. The van der Waals surface area contributed by atoms with E-state index in [1.807, 2.05) is 0 Å². The Hall–Kier alpha value is -2.22. The lowest BCUT2D eigenvalue weighted by atomic mass is 10.2. The number of aromatic nitrogens is 1. The Morgan fingerprint density at radius 1 is 1.26 bits per heavy atom. The maximum Gasteiger partial charge on any atom is 0.301 e. The number of allylic oxidation sites excluding steroid dienone is 1. The van der Waals surface area contributed by atoms with E-state index in [0.29, 0.717) is 16.3 Å². The first-order valence-electron chi connectivity index (χ1n) is 6.66. The smallest absolute Gasteiger partial charge is 0.301 e. The second-order valence-corrected chi connectivity index (χ2v) is 5.47. The zero-order valence-corrected chi connectivity index (χ0v) is 12.7. The van der Waals surface area contributed by atoms with Crippen molar-refractivity contribution in [1.29, 1.82) is 0 Å². The van der Waals surface area contributed by atoms with Gasteiger partial charge in [0.1, 0.15) is 10.8 Å². The van der Waals surface area contributed by atoms with E-state index in [1.54, 1.807) is 24.3 Å². The second kappa shape index (κ2) is 8.42. The van der Waals surface area contributed by atoms with Crippen LogP contribution in [0.4, 0.5) is 13.2 Å². The first-order valence-corrected chi connectivity index (χ1v) is 7.64. The van der Waals surface area contributed by atoms with Gasteiger partial charge in [0.25, 0.3) is 5.91 Å². The molecule has 122 valence electrons. The monoisotopic (exact) mass is 342 g/mol. The van der Waals surface area contributed by atoms with Gasteiger partial charge in [0.2, 0.25) is 0 Å². The Kier molecular flexibility index (Phi) is 6.28. The standard InChI is InChI=1S/C15H13F3N2O2S/c16-12(13(17)18)5-8-23-15-11(4-1-6-19-15)14(21)20-9-10-3-2-7-22-10/h1-4,6-7H,5,8-9H2,(H,20,21). The molecule has 4 nitrogen and oxygen atoms in total.